The van der Waals surface area contributed by atoms with Crippen LogP contribution < -0.4 is 11.1 Å². The summed E-state index contributed by atoms with van der Waals surface area (Å²) in [6, 6.07) is 12.6. The molecule has 0 aromatic heterocycles. The second-order valence-electron chi connectivity index (χ2n) is 4.48. The van der Waals surface area contributed by atoms with Crippen LogP contribution in [0.15, 0.2) is 42.5 Å². The molecule has 1 atom stereocenters. The molecule has 0 radical (unpaired) electrons. The normalized spacial score (nSPS) is 11.9. The molecule has 2 rings (SSSR count). The Morgan fingerprint density at radius 3 is 2.55 bits per heavy atom. The maximum absolute atomic E-state index is 11.2. The average molecular weight is 309 g/mol. The number of anilines is 1. The molecule has 3 N–H and O–H groups in total. The number of nitrogens with two attached hydrogens (primary N) is 1. The van der Waals surface area contributed by atoms with E-state index < -0.39 is 5.91 Å². The predicted octanol–water partition coefficient (Wildman–Crippen LogP) is 4.27. The summed E-state index contributed by atoms with van der Waals surface area (Å²) in [7, 11) is 0. The minimum absolute atomic E-state index is 0.0212. The number of hydrogen-bond donors (Lipinski definition) is 2. The molecule has 0 spiro atoms. The van der Waals surface area contributed by atoms with Crippen molar-refractivity contribution in [3.8, 4) is 0 Å². The number of nitrogens with one attached hydrogen (secondary N) is 1. The zero-order chi connectivity index (χ0) is 14.7. The Morgan fingerprint density at radius 2 is 1.90 bits per heavy atom. The third-order valence-electron chi connectivity index (χ3n) is 2.97. The van der Waals surface area contributed by atoms with Gasteiger partial charge in [-0.1, -0.05) is 35.3 Å². The summed E-state index contributed by atoms with van der Waals surface area (Å²) >= 11 is 11.9. The van der Waals surface area contributed by atoms with E-state index in [2.05, 4.69) is 5.32 Å². The maximum atomic E-state index is 11.2. The van der Waals surface area contributed by atoms with E-state index in [4.69, 9.17) is 28.9 Å². The lowest BCUT2D eigenvalue weighted by atomic mass is 10.1. The van der Waals surface area contributed by atoms with Crippen LogP contribution in [-0.2, 0) is 0 Å². The molecule has 2 aromatic carbocycles. The number of hydrogen-bond acceptors (Lipinski definition) is 2. The summed E-state index contributed by atoms with van der Waals surface area (Å²) < 4.78 is 0. The van der Waals surface area contributed by atoms with Crippen molar-refractivity contribution >= 4 is 34.8 Å². The van der Waals surface area contributed by atoms with E-state index in [-0.39, 0.29) is 6.04 Å². The molecule has 0 fully saturated rings. The van der Waals surface area contributed by atoms with E-state index >= 15 is 0 Å². The number of primary amides is 1. The molecule has 1 amide bonds. The fourth-order valence-corrected chi connectivity index (χ4v) is 2.18. The lowest BCUT2D eigenvalue weighted by Gasteiger charge is -2.16. The van der Waals surface area contributed by atoms with E-state index in [1.165, 1.54) is 0 Å². The van der Waals surface area contributed by atoms with Crippen LogP contribution in [0.5, 0.6) is 0 Å². The highest BCUT2D eigenvalue weighted by atomic mass is 35.5. The van der Waals surface area contributed by atoms with Gasteiger partial charge in [0.1, 0.15) is 0 Å². The topological polar surface area (TPSA) is 55.1 Å². The second-order valence-corrected chi connectivity index (χ2v) is 5.30. The minimum Gasteiger partial charge on any atom is -0.379 e. The van der Waals surface area contributed by atoms with Crippen molar-refractivity contribution in [2.75, 3.05) is 5.32 Å². The van der Waals surface area contributed by atoms with E-state index in [1.807, 2.05) is 25.1 Å². The summed E-state index contributed by atoms with van der Waals surface area (Å²) in [5, 5.41) is 4.33. The Bertz CT molecular complexity index is 644. The minimum atomic E-state index is -0.448. The van der Waals surface area contributed by atoms with Gasteiger partial charge in [-0.25, -0.2) is 0 Å². The van der Waals surface area contributed by atoms with Crippen molar-refractivity contribution in [1.82, 2.24) is 0 Å². The molecule has 0 bridgehead atoms. The van der Waals surface area contributed by atoms with Crippen LogP contribution in [0, 0.1) is 0 Å². The molecule has 2 aromatic rings. The van der Waals surface area contributed by atoms with Crippen molar-refractivity contribution in [3.05, 3.63) is 63.6 Å². The van der Waals surface area contributed by atoms with Gasteiger partial charge in [-0.05, 0) is 42.8 Å². The van der Waals surface area contributed by atoms with Crippen molar-refractivity contribution < 1.29 is 4.79 Å². The standard InChI is InChI=1S/C15H14Cl2N2O/c1-9(10-5-6-13(16)14(17)8-10)19-12-4-2-3-11(7-12)15(18)20/h2-9,19H,1H3,(H2,18,20). The zero-order valence-electron chi connectivity index (χ0n) is 10.9. The first-order chi connectivity index (χ1) is 9.47. The molecular formula is C15H14Cl2N2O. The van der Waals surface area contributed by atoms with Gasteiger partial charge in [0.15, 0.2) is 0 Å². The first kappa shape index (κ1) is 14.7. The maximum Gasteiger partial charge on any atom is 0.248 e. The summed E-state index contributed by atoms with van der Waals surface area (Å²) in [6.07, 6.45) is 0. The Balaban J connectivity index is 2.18. The second kappa shape index (κ2) is 6.16. The number of carbonyl (C=O) groups excluding carboxylic acids is 1. The number of halogens is 2. The third-order valence-corrected chi connectivity index (χ3v) is 3.71. The van der Waals surface area contributed by atoms with Crippen molar-refractivity contribution in [2.24, 2.45) is 5.73 Å². The van der Waals surface area contributed by atoms with E-state index in [9.17, 15) is 4.79 Å². The molecule has 1 unspecified atom stereocenters. The largest absolute Gasteiger partial charge is 0.379 e. The van der Waals surface area contributed by atoms with Gasteiger partial charge >= 0.3 is 0 Å². The van der Waals surface area contributed by atoms with Gasteiger partial charge < -0.3 is 11.1 Å². The van der Waals surface area contributed by atoms with E-state index in [0.717, 1.165) is 11.3 Å². The quantitative estimate of drug-likeness (QED) is 0.886. The molecule has 0 aliphatic heterocycles. The average Bonchev–Trinajstić information content (AvgIpc) is 2.42. The molecule has 0 aliphatic rings. The van der Waals surface area contributed by atoms with Gasteiger partial charge in [0, 0.05) is 17.3 Å². The Hall–Kier alpha value is -1.71. The molecule has 0 aliphatic carbocycles. The SMILES string of the molecule is CC(Nc1cccc(C(N)=O)c1)c1ccc(Cl)c(Cl)c1. The molecule has 0 saturated carbocycles. The highest BCUT2D eigenvalue weighted by Crippen LogP contribution is 2.27. The van der Waals surface area contributed by atoms with Gasteiger partial charge in [0.2, 0.25) is 5.91 Å². The zero-order valence-corrected chi connectivity index (χ0v) is 12.4. The lowest BCUT2D eigenvalue weighted by molar-refractivity contribution is 0.100. The van der Waals surface area contributed by atoms with Crippen LogP contribution in [0.3, 0.4) is 0 Å². The van der Waals surface area contributed by atoms with Crippen LogP contribution in [0.25, 0.3) is 0 Å². The highest BCUT2D eigenvalue weighted by molar-refractivity contribution is 6.42. The number of rotatable bonds is 4. The predicted molar refractivity (Wildman–Crippen MR) is 83.5 cm³/mol. The van der Waals surface area contributed by atoms with Gasteiger partial charge in [-0.15, -0.1) is 0 Å². The molecule has 5 heteroatoms. The fourth-order valence-electron chi connectivity index (χ4n) is 1.88. The van der Waals surface area contributed by atoms with Crippen molar-refractivity contribution in [3.63, 3.8) is 0 Å². The summed E-state index contributed by atoms with van der Waals surface area (Å²) in [6.45, 7) is 2.00. The lowest BCUT2D eigenvalue weighted by Crippen LogP contribution is -2.12. The first-order valence-electron chi connectivity index (χ1n) is 6.08. The fraction of sp³-hybridized carbons (Fsp3) is 0.133. The summed E-state index contributed by atoms with van der Waals surface area (Å²) in [5.41, 5.74) is 7.55. The Morgan fingerprint density at radius 1 is 1.15 bits per heavy atom. The highest BCUT2D eigenvalue weighted by Gasteiger charge is 2.09. The molecule has 20 heavy (non-hydrogen) atoms. The summed E-state index contributed by atoms with van der Waals surface area (Å²) in [5.74, 6) is -0.448. The third kappa shape index (κ3) is 3.44. The first-order valence-corrected chi connectivity index (χ1v) is 6.84. The molecule has 0 saturated heterocycles. The molecule has 3 nitrogen and oxygen atoms in total. The molecule has 104 valence electrons. The molecule has 0 heterocycles. The summed E-state index contributed by atoms with van der Waals surface area (Å²) in [4.78, 5) is 11.2. The van der Waals surface area contributed by atoms with Crippen LogP contribution in [0.1, 0.15) is 28.9 Å². The number of carbonyl (C=O) groups is 1. The van der Waals surface area contributed by atoms with Crippen LogP contribution in [0.2, 0.25) is 10.0 Å². The van der Waals surface area contributed by atoms with Gasteiger partial charge in [0.25, 0.3) is 0 Å². The van der Waals surface area contributed by atoms with Gasteiger partial charge in [0.05, 0.1) is 10.0 Å². The smallest absolute Gasteiger partial charge is 0.248 e. The molecular weight excluding hydrogens is 295 g/mol. The van der Waals surface area contributed by atoms with Crippen LogP contribution in [0.4, 0.5) is 5.69 Å². The number of amides is 1. The van der Waals surface area contributed by atoms with E-state index in [1.54, 1.807) is 24.3 Å². The van der Waals surface area contributed by atoms with Crippen molar-refractivity contribution in [2.45, 2.75) is 13.0 Å². The van der Waals surface area contributed by atoms with Crippen LogP contribution in [-0.4, -0.2) is 5.91 Å². The number of benzene rings is 2. The Kier molecular flexibility index (Phi) is 4.53. The Labute approximate surface area is 127 Å². The monoisotopic (exact) mass is 308 g/mol. The van der Waals surface area contributed by atoms with Crippen LogP contribution >= 0.6 is 23.2 Å². The van der Waals surface area contributed by atoms with Gasteiger partial charge in [-0.3, -0.25) is 4.79 Å². The van der Waals surface area contributed by atoms with Gasteiger partial charge in [-0.2, -0.15) is 0 Å². The van der Waals surface area contributed by atoms with E-state index in [0.29, 0.717) is 15.6 Å². The van der Waals surface area contributed by atoms with Crippen molar-refractivity contribution in [1.29, 1.82) is 0 Å².